The summed E-state index contributed by atoms with van der Waals surface area (Å²) in [6.07, 6.45) is 0.978. The van der Waals surface area contributed by atoms with Gasteiger partial charge in [0.2, 0.25) is 5.91 Å². The lowest BCUT2D eigenvalue weighted by atomic mass is 10.0. The molecule has 2 aromatic carbocycles. The first-order chi connectivity index (χ1) is 9.61. The minimum Gasteiger partial charge on any atom is -0.378 e. The number of anilines is 1. The summed E-state index contributed by atoms with van der Waals surface area (Å²) in [6, 6.07) is 12.1. The van der Waals surface area contributed by atoms with E-state index in [1.807, 2.05) is 37.3 Å². The predicted octanol–water partition coefficient (Wildman–Crippen LogP) is 3.97. The molecule has 104 valence electrons. The van der Waals surface area contributed by atoms with E-state index in [0.717, 1.165) is 27.4 Å². The van der Waals surface area contributed by atoms with Crippen LogP contribution in [0.25, 0.3) is 10.8 Å². The summed E-state index contributed by atoms with van der Waals surface area (Å²) in [5, 5.41) is 5.24. The minimum absolute atomic E-state index is 0.0365. The van der Waals surface area contributed by atoms with Gasteiger partial charge in [0.1, 0.15) is 0 Å². The highest BCUT2D eigenvalue weighted by atomic mass is 79.9. The topological polar surface area (TPSA) is 38.3 Å². The lowest BCUT2D eigenvalue weighted by molar-refractivity contribution is -0.119. The fourth-order valence-electron chi connectivity index (χ4n) is 2.54. The van der Waals surface area contributed by atoms with Crippen molar-refractivity contribution in [3.05, 3.63) is 40.9 Å². The number of amides is 1. The highest BCUT2D eigenvalue weighted by molar-refractivity contribution is 9.10. The third-order valence-electron chi connectivity index (χ3n) is 3.64. The third kappa shape index (κ3) is 2.86. The molecule has 0 spiro atoms. The number of fused-ring (bicyclic) bond motifs is 1. The van der Waals surface area contributed by atoms with Crippen LogP contribution in [0, 0.1) is 5.92 Å². The number of nitrogens with one attached hydrogen (secondary N) is 1. The summed E-state index contributed by atoms with van der Waals surface area (Å²) in [6.45, 7) is 2.52. The maximum atomic E-state index is 12.2. The van der Waals surface area contributed by atoms with Gasteiger partial charge in [0.25, 0.3) is 0 Å². The third-order valence-corrected chi connectivity index (χ3v) is 4.13. The van der Waals surface area contributed by atoms with Gasteiger partial charge in [-0.15, -0.1) is 0 Å². The van der Waals surface area contributed by atoms with Crippen LogP contribution < -0.4 is 5.32 Å². The molecule has 0 saturated carbocycles. The zero-order valence-corrected chi connectivity index (χ0v) is 12.8. The molecule has 2 atom stereocenters. The number of benzene rings is 2. The second-order valence-electron chi connectivity index (χ2n) is 5.27. The summed E-state index contributed by atoms with van der Waals surface area (Å²) < 4.78 is 6.50. The van der Waals surface area contributed by atoms with E-state index in [4.69, 9.17) is 4.74 Å². The maximum Gasteiger partial charge on any atom is 0.229 e. The largest absolute Gasteiger partial charge is 0.378 e. The molecule has 0 aliphatic carbocycles. The normalized spacial score (nSPS) is 22.1. The van der Waals surface area contributed by atoms with Crippen molar-refractivity contribution in [3.63, 3.8) is 0 Å². The second kappa shape index (κ2) is 5.54. The molecule has 0 aromatic heterocycles. The molecule has 3 rings (SSSR count). The molecule has 1 amide bonds. The van der Waals surface area contributed by atoms with Crippen LogP contribution in [0.15, 0.2) is 40.9 Å². The van der Waals surface area contributed by atoms with Crippen molar-refractivity contribution in [1.29, 1.82) is 0 Å². The number of halogens is 1. The van der Waals surface area contributed by atoms with E-state index in [-0.39, 0.29) is 17.9 Å². The summed E-state index contributed by atoms with van der Waals surface area (Å²) in [5.74, 6) is 0.0106. The first-order valence-electron chi connectivity index (χ1n) is 6.73. The van der Waals surface area contributed by atoms with Crippen LogP contribution in [0.5, 0.6) is 0 Å². The number of hydrogen-bond acceptors (Lipinski definition) is 2. The van der Waals surface area contributed by atoms with Gasteiger partial charge in [-0.2, -0.15) is 0 Å². The van der Waals surface area contributed by atoms with Gasteiger partial charge in [0.15, 0.2) is 0 Å². The van der Waals surface area contributed by atoms with E-state index >= 15 is 0 Å². The highest BCUT2D eigenvalue weighted by Crippen LogP contribution is 2.25. The Hall–Kier alpha value is -1.39. The molecule has 20 heavy (non-hydrogen) atoms. The number of carbonyl (C=O) groups excluding carboxylic acids is 1. The molecule has 1 heterocycles. The van der Waals surface area contributed by atoms with Crippen LogP contribution in [0.2, 0.25) is 0 Å². The average Bonchev–Trinajstić information content (AvgIpc) is 2.86. The van der Waals surface area contributed by atoms with Crippen molar-refractivity contribution < 1.29 is 9.53 Å². The summed E-state index contributed by atoms with van der Waals surface area (Å²) in [5.41, 5.74) is 0.837. The van der Waals surface area contributed by atoms with Crippen molar-refractivity contribution in [2.24, 2.45) is 5.92 Å². The van der Waals surface area contributed by atoms with Gasteiger partial charge in [-0.1, -0.05) is 28.1 Å². The van der Waals surface area contributed by atoms with Crippen LogP contribution in [0.1, 0.15) is 13.3 Å². The standard InChI is InChI=1S/C16H16BrNO2/c1-10-6-13(9-20-10)16(19)18-15-5-3-11-7-14(17)4-2-12(11)8-15/h2-5,7-8,10,13H,6,9H2,1H3,(H,18,19). The van der Waals surface area contributed by atoms with E-state index in [0.29, 0.717) is 6.61 Å². The molecule has 1 N–H and O–H groups in total. The lowest BCUT2D eigenvalue weighted by Gasteiger charge is -2.10. The molecule has 4 heteroatoms. The quantitative estimate of drug-likeness (QED) is 0.903. The molecule has 2 unspecified atom stereocenters. The predicted molar refractivity (Wildman–Crippen MR) is 83.8 cm³/mol. The smallest absolute Gasteiger partial charge is 0.229 e. The molecule has 3 nitrogen and oxygen atoms in total. The van der Waals surface area contributed by atoms with E-state index in [2.05, 4.69) is 27.3 Å². The zero-order valence-electron chi connectivity index (χ0n) is 11.2. The van der Waals surface area contributed by atoms with Crippen molar-refractivity contribution in [2.75, 3.05) is 11.9 Å². The number of ether oxygens (including phenoxy) is 1. The van der Waals surface area contributed by atoms with Crippen molar-refractivity contribution >= 4 is 38.3 Å². The Morgan fingerprint density at radius 3 is 2.75 bits per heavy atom. The Bertz CT molecular complexity index is 656. The Morgan fingerprint density at radius 2 is 2.00 bits per heavy atom. The second-order valence-corrected chi connectivity index (χ2v) is 6.19. The van der Waals surface area contributed by atoms with Crippen LogP contribution in [-0.4, -0.2) is 18.6 Å². The molecule has 2 aromatic rings. The van der Waals surface area contributed by atoms with Gasteiger partial charge in [0.05, 0.1) is 18.6 Å². The van der Waals surface area contributed by atoms with Crippen molar-refractivity contribution in [2.45, 2.75) is 19.4 Å². The van der Waals surface area contributed by atoms with Crippen LogP contribution in [-0.2, 0) is 9.53 Å². The molecule has 1 saturated heterocycles. The number of rotatable bonds is 2. The summed E-state index contributed by atoms with van der Waals surface area (Å²) in [4.78, 5) is 12.2. The van der Waals surface area contributed by atoms with Gasteiger partial charge in [-0.25, -0.2) is 0 Å². The average molecular weight is 334 g/mol. The Morgan fingerprint density at radius 1 is 1.25 bits per heavy atom. The SMILES string of the molecule is CC1CC(C(=O)Nc2ccc3cc(Br)ccc3c2)CO1. The molecule has 0 radical (unpaired) electrons. The van der Waals surface area contributed by atoms with Crippen LogP contribution in [0.4, 0.5) is 5.69 Å². The Kier molecular flexibility index (Phi) is 3.76. The van der Waals surface area contributed by atoms with E-state index in [1.165, 1.54) is 0 Å². The van der Waals surface area contributed by atoms with Crippen LogP contribution in [0.3, 0.4) is 0 Å². The number of hydrogen-bond donors (Lipinski definition) is 1. The zero-order chi connectivity index (χ0) is 14.1. The Balaban J connectivity index is 1.77. The fraction of sp³-hybridized carbons (Fsp3) is 0.312. The van der Waals surface area contributed by atoms with Gasteiger partial charge >= 0.3 is 0 Å². The van der Waals surface area contributed by atoms with E-state index in [9.17, 15) is 4.79 Å². The highest BCUT2D eigenvalue weighted by Gasteiger charge is 2.28. The van der Waals surface area contributed by atoms with Gasteiger partial charge in [0, 0.05) is 10.2 Å². The molecule has 1 aliphatic heterocycles. The van der Waals surface area contributed by atoms with Crippen molar-refractivity contribution in [1.82, 2.24) is 0 Å². The number of carbonyl (C=O) groups is 1. The summed E-state index contributed by atoms with van der Waals surface area (Å²) in [7, 11) is 0. The molecule has 1 fully saturated rings. The monoisotopic (exact) mass is 333 g/mol. The molecular weight excluding hydrogens is 318 g/mol. The van der Waals surface area contributed by atoms with Crippen molar-refractivity contribution in [3.8, 4) is 0 Å². The Labute approximate surface area is 126 Å². The van der Waals surface area contributed by atoms with Gasteiger partial charge in [-0.3, -0.25) is 4.79 Å². The molecular formula is C16H16BrNO2. The molecule has 1 aliphatic rings. The maximum absolute atomic E-state index is 12.2. The lowest BCUT2D eigenvalue weighted by Crippen LogP contribution is -2.22. The van der Waals surface area contributed by atoms with Crippen LogP contribution >= 0.6 is 15.9 Å². The summed E-state index contributed by atoms with van der Waals surface area (Å²) >= 11 is 3.46. The first kappa shape index (κ1) is 13.6. The molecule has 0 bridgehead atoms. The van der Waals surface area contributed by atoms with Gasteiger partial charge in [-0.05, 0) is 48.4 Å². The first-order valence-corrected chi connectivity index (χ1v) is 7.53. The fourth-order valence-corrected chi connectivity index (χ4v) is 2.92. The van der Waals surface area contributed by atoms with E-state index < -0.39 is 0 Å². The van der Waals surface area contributed by atoms with E-state index in [1.54, 1.807) is 0 Å². The minimum atomic E-state index is -0.0365. The van der Waals surface area contributed by atoms with Gasteiger partial charge < -0.3 is 10.1 Å².